The number of halogens is 1. The van der Waals surface area contributed by atoms with Gasteiger partial charge in [0.2, 0.25) is 0 Å². The molecule has 3 nitrogen and oxygen atoms in total. The summed E-state index contributed by atoms with van der Waals surface area (Å²) in [4.78, 5) is 0. The fourth-order valence-corrected chi connectivity index (χ4v) is 2.46. The van der Waals surface area contributed by atoms with Gasteiger partial charge in [0.1, 0.15) is 5.75 Å². The van der Waals surface area contributed by atoms with E-state index in [0.29, 0.717) is 0 Å². The maximum Gasteiger partial charge on any atom is 0.123 e. The fraction of sp³-hybridized carbons (Fsp3) is 0.500. The number of ether oxygens (including phenoxy) is 1. The standard InChI is InChI=1S/C14H19BrN2O/c1-9(2)12(8-16)14(17-3)11-7-10(15)5-6-13(11)18-4/h5-7,9,12,14,17H,1-4H3. The van der Waals surface area contributed by atoms with E-state index in [1.165, 1.54) is 0 Å². The second-order valence-electron chi connectivity index (χ2n) is 4.55. The molecule has 0 amide bonds. The number of rotatable bonds is 5. The molecule has 0 aliphatic carbocycles. The zero-order valence-electron chi connectivity index (χ0n) is 11.2. The topological polar surface area (TPSA) is 45.0 Å². The molecule has 0 bridgehead atoms. The van der Waals surface area contributed by atoms with Gasteiger partial charge in [0.05, 0.1) is 25.1 Å². The third-order valence-corrected chi connectivity index (χ3v) is 3.56. The lowest BCUT2D eigenvalue weighted by atomic mass is 9.85. The van der Waals surface area contributed by atoms with Crippen molar-refractivity contribution >= 4 is 15.9 Å². The van der Waals surface area contributed by atoms with Crippen LogP contribution in [0.5, 0.6) is 5.75 Å². The van der Waals surface area contributed by atoms with E-state index < -0.39 is 0 Å². The Balaban J connectivity index is 3.23. The Bertz CT molecular complexity index is 440. The molecule has 0 spiro atoms. The maximum atomic E-state index is 9.35. The molecule has 0 saturated heterocycles. The minimum Gasteiger partial charge on any atom is -0.496 e. The molecule has 1 rings (SSSR count). The van der Waals surface area contributed by atoms with E-state index >= 15 is 0 Å². The molecular weight excluding hydrogens is 292 g/mol. The van der Waals surface area contributed by atoms with Crippen molar-refractivity contribution in [3.8, 4) is 11.8 Å². The van der Waals surface area contributed by atoms with Crippen molar-refractivity contribution in [1.29, 1.82) is 5.26 Å². The lowest BCUT2D eigenvalue weighted by molar-refractivity contribution is 0.343. The highest BCUT2D eigenvalue weighted by Gasteiger charge is 2.27. The van der Waals surface area contributed by atoms with Gasteiger partial charge in [0.15, 0.2) is 0 Å². The Morgan fingerprint density at radius 3 is 2.50 bits per heavy atom. The minimum absolute atomic E-state index is 0.0394. The molecule has 0 aliphatic rings. The van der Waals surface area contributed by atoms with Crippen molar-refractivity contribution in [1.82, 2.24) is 5.32 Å². The van der Waals surface area contributed by atoms with Gasteiger partial charge in [0, 0.05) is 10.0 Å². The Morgan fingerprint density at radius 2 is 2.06 bits per heavy atom. The summed E-state index contributed by atoms with van der Waals surface area (Å²) in [6.07, 6.45) is 0. The summed E-state index contributed by atoms with van der Waals surface area (Å²) in [5, 5.41) is 12.6. The SMILES string of the molecule is CNC(c1cc(Br)ccc1OC)C(C#N)C(C)C. The molecule has 98 valence electrons. The molecule has 0 aliphatic heterocycles. The first-order chi connectivity index (χ1) is 8.54. The van der Waals surface area contributed by atoms with Crippen molar-refractivity contribution in [2.24, 2.45) is 11.8 Å². The van der Waals surface area contributed by atoms with Crippen molar-refractivity contribution in [3.63, 3.8) is 0 Å². The Hall–Kier alpha value is -1.05. The molecule has 0 heterocycles. The molecule has 0 saturated carbocycles. The third-order valence-electron chi connectivity index (χ3n) is 3.06. The number of nitrogens with one attached hydrogen (secondary N) is 1. The van der Waals surface area contributed by atoms with Crippen LogP contribution in [0.15, 0.2) is 22.7 Å². The summed E-state index contributed by atoms with van der Waals surface area (Å²) in [7, 11) is 3.52. The summed E-state index contributed by atoms with van der Waals surface area (Å²) < 4.78 is 6.37. The molecule has 0 aromatic heterocycles. The van der Waals surface area contributed by atoms with Crippen LogP contribution in [-0.4, -0.2) is 14.2 Å². The number of nitrogens with zero attached hydrogens (tertiary/aromatic N) is 1. The highest BCUT2D eigenvalue weighted by Crippen LogP contribution is 2.34. The molecule has 0 radical (unpaired) electrons. The van der Waals surface area contributed by atoms with Crippen LogP contribution < -0.4 is 10.1 Å². The molecule has 2 atom stereocenters. The molecule has 4 heteroatoms. The summed E-state index contributed by atoms with van der Waals surface area (Å²) in [5.74, 6) is 0.979. The van der Waals surface area contributed by atoms with Gasteiger partial charge in [-0.15, -0.1) is 0 Å². The summed E-state index contributed by atoms with van der Waals surface area (Å²) in [5.41, 5.74) is 1.01. The second kappa shape index (κ2) is 6.77. The van der Waals surface area contributed by atoms with E-state index in [0.717, 1.165) is 15.8 Å². The summed E-state index contributed by atoms with van der Waals surface area (Å²) >= 11 is 3.46. The van der Waals surface area contributed by atoms with E-state index in [-0.39, 0.29) is 17.9 Å². The summed E-state index contributed by atoms with van der Waals surface area (Å²) in [6.45, 7) is 4.12. The zero-order valence-corrected chi connectivity index (χ0v) is 12.8. The van der Waals surface area contributed by atoms with E-state index in [1.807, 2.05) is 25.2 Å². The van der Waals surface area contributed by atoms with Crippen molar-refractivity contribution in [3.05, 3.63) is 28.2 Å². The predicted octanol–water partition coefficient (Wildman–Crippen LogP) is 3.51. The van der Waals surface area contributed by atoms with Gasteiger partial charge in [0.25, 0.3) is 0 Å². The van der Waals surface area contributed by atoms with E-state index in [9.17, 15) is 5.26 Å². The molecule has 1 aromatic carbocycles. The first kappa shape index (κ1) is 15.0. The van der Waals surface area contributed by atoms with E-state index in [4.69, 9.17) is 4.74 Å². The lowest BCUT2D eigenvalue weighted by Gasteiger charge is -2.26. The van der Waals surface area contributed by atoms with Crippen molar-refractivity contribution in [2.75, 3.05) is 14.2 Å². The van der Waals surface area contributed by atoms with Crippen LogP contribution in [0.25, 0.3) is 0 Å². The average Bonchev–Trinajstić information content (AvgIpc) is 2.35. The number of nitriles is 1. The largest absolute Gasteiger partial charge is 0.496 e. The Morgan fingerprint density at radius 1 is 1.39 bits per heavy atom. The van der Waals surface area contributed by atoms with Crippen molar-refractivity contribution in [2.45, 2.75) is 19.9 Å². The molecule has 1 N–H and O–H groups in total. The third kappa shape index (κ3) is 3.24. The Kier molecular flexibility index (Phi) is 5.64. The van der Waals surface area contributed by atoms with Gasteiger partial charge >= 0.3 is 0 Å². The van der Waals surface area contributed by atoms with Crippen LogP contribution >= 0.6 is 15.9 Å². The Labute approximate surface area is 117 Å². The predicted molar refractivity (Wildman–Crippen MR) is 76.4 cm³/mol. The highest BCUT2D eigenvalue weighted by molar-refractivity contribution is 9.10. The smallest absolute Gasteiger partial charge is 0.123 e. The van der Waals surface area contributed by atoms with Crippen molar-refractivity contribution < 1.29 is 4.74 Å². The van der Waals surface area contributed by atoms with Gasteiger partial charge in [-0.05, 0) is 31.2 Å². The van der Waals surface area contributed by atoms with Crippen LogP contribution in [0.3, 0.4) is 0 Å². The highest BCUT2D eigenvalue weighted by atomic mass is 79.9. The second-order valence-corrected chi connectivity index (χ2v) is 5.47. The molecule has 0 fully saturated rings. The van der Waals surface area contributed by atoms with Crippen LogP contribution in [0.4, 0.5) is 0 Å². The van der Waals surface area contributed by atoms with Gasteiger partial charge in [-0.25, -0.2) is 0 Å². The minimum atomic E-state index is -0.0989. The maximum absolute atomic E-state index is 9.35. The van der Waals surface area contributed by atoms with Gasteiger partial charge < -0.3 is 10.1 Å². The lowest BCUT2D eigenvalue weighted by Crippen LogP contribution is -2.28. The van der Waals surface area contributed by atoms with E-state index in [2.05, 4.69) is 41.2 Å². The van der Waals surface area contributed by atoms with Crippen LogP contribution in [0.1, 0.15) is 25.5 Å². The number of benzene rings is 1. The average molecular weight is 311 g/mol. The number of hydrogen-bond donors (Lipinski definition) is 1. The van der Waals surface area contributed by atoms with Gasteiger partial charge in [-0.3, -0.25) is 0 Å². The first-order valence-electron chi connectivity index (χ1n) is 5.95. The molecule has 1 aromatic rings. The monoisotopic (exact) mass is 310 g/mol. The number of methoxy groups -OCH3 is 1. The van der Waals surface area contributed by atoms with Crippen LogP contribution in [0.2, 0.25) is 0 Å². The van der Waals surface area contributed by atoms with Crippen LogP contribution in [0, 0.1) is 23.2 Å². The normalized spacial score (nSPS) is 14.1. The van der Waals surface area contributed by atoms with Crippen LogP contribution in [-0.2, 0) is 0 Å². The van der Waals surface area contributed by atoms with Gasteiger partial charge in [-0.2, -0.15) is 5.26 Å². The molecular formula is C14H19BrN2O. The zero-order chi connectivity index (χ0) is 13.7. The summed E-state index contributed by atoms with van der Waals surface area (Å²) in [6, 6.07) is 8.21. The fourth-order valence-electron chi connectivity index (χ4n) is 2.09. The number of hydrogen-bond acceptors (Lipinski definition) is 3. The quantitative estimate of drug-likeness (QED) is 0.905. The van der Waals surface area contributed by atoms with Gasteiger partial charge in [-0.1, -0.05) is 29.8 Å². The first-order valence-corrected chi connectivity index (χ1v) is 6.74. The molecule has 2 unspecified atom stereocenters. The van der Waals surface area contributed by atoms with E-state index in [1.54, 1.807) is 7.11 Å². The molecule has 18 heavy (non-hydrogen) atoms.